The third kappa shape index (κ3) is 3.04. The first-order valence-electron chi connectivity index (χ1n) is 7.08. The second-order valence-corrected chi connectivity index (χ2v) is 7.42. The van der Waals surface area contributed by atoms with Crippen molar-refractivity contribution in [1.29, 1.82) is 0 Å². The molecule has 3 nitrogen and oxygen atoms in total. The van der Waals surface area contributed by atoms with Crippen molar-refractivity contribution in [3.63, 3.8) is 0 Å². The quantitative estimate of drug-likeness (QED) is 0.701. The highest BCUT2D eigenvalue weighted by atomic mass is 32.2. The van der Waals surface area contributed by atoms with E-state index in [9.17, 15) is 0 Å². The molecule has 1 aliphatic rings. The van der Waals surface area contributed by atoms with Gasteiger partial charge in [0.1, 0.15) is 0 Å². The maximum Gasteiger partial charge on any atom is 0.206 e. The number of nitrogens with one attached hydrogen (secondary N) is 1. The first-order chi connectivity index (χ1) is 10.4. The molecule has 2 aromatic carbocycles. The molecular weight excluding hydrogens is 298 g/mol. The van der Waals surface area contributed by atoms with Gasteiger partial charge in [-0.05, 0) is 29.2 Å². The molecule has 1 N–H and O–H groups in total. The molecule has 0 bridgehead atoms. The van der Waals surface area contributed by atoms with Crippen LogP contribution < -0.4 is 5.32 Å². The van der Waals surface area contributed by atoms with Gasteiger partial charge in [-0.15, -0.1) is 10.2 Å². The molecule has 0 unspecified atom stereocenters. The van der Waals surface area contributed by atoms with E-state index in [0.717, 1.165) is 15.2 Å². The van der Waals surface area contributed by atoms with Crippen LogP contribution in [-0.2, 0) is 5.75 Å². The summed E-state index contributed by atoms with van der Waals surface area (Å²) in [6.07, 6.45) is 2.52. The number of rotatable bonds is 5. The second kappa shape index (κ2) is 5.66. The fourth-order valence-electron chi connectivity index (χ4n) is 2.29. The van der Waals surface area contributed by atoms with E-state index in [1.165, 1.54) is 29.2 Å². The van der Waals surface area contributed by atoms with Crippen LogP contribution in [0.4, 0.5) is 5.13 Å². The molecule has 3 aromatic rings. The maximum atomic E-state index is 4.26. The molecule has 0 saturated heterocycles. The van der Waals surface area contributed by atoms with E-state index in [1.807, 2.05) is 0 Å². The Morgan fingerprint density at radius 1 is 1.10 bits per heavy atom. The lowest BCUT2D eigenvalue weighted by Gasteiger charge is -2.04. The van der Waals surface area contributed by atoms with Crippen LogP contribution in [0.15, 0.2) is 46.8 Å². The molecule has 0 spiro atoms. The van der Waals surface area contributed by atoms with Gasteiger partial charge in [0.25, 0.3) is 0 Å². The molecule has 1 heterocycles. The zero-order valence-corrected chi connectivity index (χ0v) is 13.1. The number of nitrogens with zero attached hydrogens (tertiary/aromatic N) is 2. The standard InChI is InChI=1S/C16H15N3S2/c1-2-7-14-11(4-1)5-3-6-12(14)10-20-16-19-18-15(21-16)17-13-8-9-13/h1-7,13H,8-10H2,(H,17,18). The minimum atomic E-state index is 0.633. The molecule has 21 heavy (non-hydrogen) atoms. The van der Waals surface area contributed by atoms with Crippen LogP contribution in [0.2, 0.25) is 0 Å². The largest absolute Gasteiger partial charge is 0.357 e. The SMILES string of the molecule is c1ccc2c(CSc3nnc(NC4CC4)s3)cccc2c1. The molecule has 1 saturated carbocycles. The summed E-state index contributed by atoms with van der Waals surface area (Å²) in [5.74, 6) is 0.930. The normalized spacial score (nSPS) is 14.5. The van der Waals surface area contributed by atoms with Gasteiger partial charge < -0.3 is 5.32 Å². The molecule has 1 aromatic heterocycles. The summed E-state index contributed by atoms with van der Waals surface area (Å²) in [7, 11) is 0. The van der Waals surface area contributed by atoms with Gasteiger partial charge in [0.05, 0.1) is 0 Å². The van der Waals surface area contributed by atoms with Crippen molar-refractivity contribution in [3.8, 4) is 0 Å². The molecule has 4 rings (SSSR count). The fraction of sp³-hybridized carbons (Fsp3) is 0.250. The number of fused-ring (bicyclic) bond motifs is 1. The number of aromatic nitrogens is 2. The lowest BCUT2D eigenvalue weighted by molar-refractivity contribution is 0.994. The summed E-state index contributed by atoms with van der Waals surface area (Å²) in [6.45, 7) is 0. The van der Waals surface area contributed by atoms with E-state index in [2.05, 4.69) is 58.0 Å². The Hall–Kier alpha value is -1.59. The smallest absolute Gasteiger partial charge is 0.206 e. The van der Waals surface area contributed by atoms with Crippen LogP contribution in [0.25, 0.3) is 10.8 Å². The van der Waals surface area contributed by atoms with Crippen molar-refractivity contribution < 1.29 is 0 Å². The summed E-state index contributed by atoms with van der Waals surface area (Å²) in [5.41, 5.74) is 1.35. The highest BCUT2D eigenvalue weighted by molar-refractivity contribution is 8.00. The third-order valence-corrected chi connectivity index (χ3v) is 5.58. The van der Waals surface area contributed by atoms with Gasteiger partial charge in [-0.2, -0.15) is 0 Å². The van der Waals surface area contributed by atoms with Crippen molar-refractivity contribution in [3.05, 3.63) is 48.0 Å². The molecule has 0 radical (unpaired) electrons. The lowest BCUT2D eigenvalue weighted by atomic mass is 10.1. The van der Waals surface area contributed by atoms with Crippen molar-refractivity contribution in [2.75, 3.05) is 5.32 Å². The number of hydrogen-bond donors (Lipinski definition) is 1. The minimum absolute atomic E-state index is 0.633. The summed E-state index contributed by atoms with van der Waals surface area (Å²) >= 11 is 3.42. The number of anilines is 1. The van der Waals surface area contributed by atoms with Crippen molar-refractivity contribution >= 4 is 39.0 Å². The average Bonchev–Trinajstić information content (AvgIpc) is 3.22. The monoisotopic (exact) mass is 313 g/mol. The molecule has 0 amide bonds. The molecule has 106 valence electrons. The van der Waals surface area contributed by atoms with Crippen molar-refractivity contribution in [2.45, 2.75) is 29.0 Å². The van der Waals surface area contributed by atoms with E-state index in [1.54, 1.807) is 23.1 Å². The average molecular weight is 313 g/mol. The Morgan fingerprint density at radius 2 is 1.95 bits per heavy atom. The first-order valence-corrected chi connectivity index (χ1v) is 8.88. The van der Waals surface area contributed by atoms with Crippen molar-refractivity contribution in [1.82, 2.24) is 10.2 Å². The predicted octanol–water partition coefficient (Wildman–Crippen LogP) is 4.56. The van der Waals surface area contributed by atoms with Gasteiger partial charge in [0, 0.05) is 11.8 Å². The highest BCUT2D eigenvalue weighted by Crippen LogP contribution is 2.32. The molecule has 0 atom stereocenters. The predicted molar refractivity (Wildman–Crippen MR) is 90.1 cm³/mol. The second-order valence-electron chi connectivity index (χ2n) is 5.22. The number of hydrogen-bond acceptors (Lipinski definition) is 5. The minimum Gasteiger partial charge on any atom is -0.357 e. The summed E-state index contributed by atoms with van der Waals surface area (Å²) in [5, 5.41) is 15.4. The van der Waals surface area contributed by atoms with E-state index in [4.69, 9.17) is 0 Å². The first kappa shape index (κ1) is 13.1. The highest BCUT2D eigenvalue weighted by Gasteiger charge is 2.22. The molecule has 5 heteroatoms. The fourth-order valence-corrected chi connectivity index (χ4v) is 4.12. The zero-order valence-electron chi connectivity index (χ0n) is 11.5. The van der Waals surface area contributed by atoms with E-state index in [0.29, 0.717) is 6.04 Å². The maximum absolute atomic E-state index is 4.26. The Balaban J connectivity index is 1.48. The third-order valence-electron chi connectivity index (χ3n) is 3.54. The molecular formula is C16H15N3S2. The Bertz CT molecular complexity index is 760. The van der Waals surface area contributed by atoms with Crippen LogP contribution in [0, 0.1) is 0 Å². The zero-order chi connectivity index (χ0) is 14.1. The van der Waals surface area contributed by atoms with Gasteiger partial charge >= 0.3 is 0 Å². The van der Waals surface area contributed by atoms with Crippen LogP contribution in [0.1, 0.15) is 18.4 Å². The van der Waals surface area contributed by atoms with Crippen LogP contribution in [0.3, 0.4) is 0 Å². The number of benzene rings is 2. The Morgan fingerprint density at radius 3 is 2.86 bits per heavy atom. The summed E-state index contributed by atoms with van der Waals surface area (Å²) in [6, 6.07) is 15.6. The summed E-state index contributed by atoms with van der Waals surface area (Å²) < 4.78 is 1.03. The lowest BCUT2D eigenvalue weighted by Crippen LogP contribution is -1.99. The molecule has 1 fully saturated rings. The Labute approximate surface area is 131 Å². The van der Waals surface area contributed by atoms with Gasteiger partial charge in [-0.25, -0.2) is 0 Å². The van der Waals surface area contributed by atoms with E-state index >= 15 is 0 Å². The topological polar surface area (TPSA) is 37.8 Å². The van der Waals surface area contributed by atoms with Crippen LogP contribution in [-0.4, -0.2) is 16.2 Å². The van der Waals surface area contributed by atoms with Crippen LogP contribution in [0.5, 0.6) is 0 Å². The van der Waals surface area contributed by atoms with Crippen LogP contribution >= 0.6 is 23.1 Å². The van der Waals surface area contributed by atoms with E-state index in [-0.39, 0.29) is 0 Å². The molecule has 0 aliphatic heterocycles. The Kier molecular flexibility index (Phi) is 3.53. The van der Waals surface area contributed by atoms with E-state index < -0.39 is 0 Å². The van der Waals surface area contributed by atoms with Gasteiger partial charge in [0.15, 0.2) is 4.34 Å². The van der Waals surface area contributed by atoms with Gasteiger partial charge in [-0.3, -0.25) is 0 Å². The summed E-state index contributed by atoms with van der Waals surface area (Å²) in [4.78, 5) is 0. The van der Waals surface area contributed by atoms with Gasteiger partial charge in [0.2, 0.25) is 5.13 Å². The number of thioether (sulfide) groups is 1. The van der Waals surface area contributed by atoms with Gasteiger partial charge in [-0.1, -0.05) is 65.6 Å². The molecule has 1 aliphatic carbocycles. The van der Waals surface area contributed by atoms with Crippen molar-refractivity contribution in [2.24, 2.45) is 0 Å².